The van der Waals surface area contributed by atoms with Gasteiger partial charge in [-0.25, -0.2) is 9.78 Å². The van der Waals surface area contributed by atoms with Gasteiger partial charge in [0.25, 0.3) is 0 Å². The Hall–Kier alpha value is -4.12. The average Bonchev–Trinajstić information content (AvgIpc) is 2.78. The second-order valence-electron chi connectivity index (χ2n) is 6.89. The summed E-state index contributed by atoms with van der Waals surface area (Å²) in [5, 5.41) is 12.1. The minimum Gasteiger partial charge on any atom is -0.506 e. The quantitative estimate of drug-likeness (QED) is 0.419. The molecule has 0 amide bonds. The number of benzene rings is 3. The molecule has 0 aliphatic rings. The summed E-state index contributed by atoms with van der Waals surface area (Å²) in [5.41, 5.74) is 1.63. The molecule has 0 unspecified atom stereocenters. The highest BCUT2D eigenvalue weighted by atomic mass is 16.5. The second kappa shape index (κ2) is 7.37. The van der Waals surface area contributed by atoms with Crippen molar-refractivity contribution in [2.24, 2.45) is 0 Å². The monoisotopic (exact) mass is 395 g/mol. The van der Waals surface area contributed by atoms with E-state index in [0.717, 1.165) is 10.9 Å². The third-order valence-electron chi connectivity index (χ3n) is 4.97. The van der Waals surface area contributed by atoms with Crippen molar-refractivity contribution in [1.29, 1.82) is 0 Å². The van der Waals surface area contributed by atoms with Gasteiger partial charge in [-0.05, 0) is 23.3 Å². The molecule has 0 aliphatic heterocycles. The highest BCUT2D eigenvalue weighted by Gasteiger charge is 2.22. The highest BCUT2D eigenvalue weighted by molar-refractivity contribution is 6.03. The van der Waals surface area contributed by atoms with Crippen LogP contribution in [0.15, 0.2) is 94.1 Å². The van der Waals surface area contributed by atoms with E-state index >= 15 is 0 Å². The van der Waals surface area contributed by atoms with Gasteiger partial charge in [0.1, 0.15) is 29.1 Å². The molecule has 5 heteroatoms. The van der Waals surface area contributed by atoms with Crippen LogP contribution in [0.3, 0.4) is 0 Å². The summed E-state index contributed by atoms with van der Waals surface area (Å²) < 4.78 is 11.7. The van der Waals surface area contributed by atoms with Gasteiger partial charge < -0.3 is 14.3 Å². The number of pyridine rings is 1. The fourth-order valence-electron chi connectivity index (χ4n) is 3.54. The van der Waals surface area contributed by atoms with Crippen LogP contribution in [0.2, 0.25) is 0 Å². The molecule has 0 atom stereocenters. The molecule has 3 aromatic carbocycles. The molecule has 5 nitrogen and oxygen atoms in total. The summed E-state index contributed by atoms with van der Waals surface area (Å²) in [6.07, 6.45) is 0. The average molecular weight is 395 g/mol. The van der Waals surface area contributed by atoms with Crippen LogP contribution in [0.5, 0.6) is 11.5 Å². The number of rotatable bonds is 4. The van der Waals surface area contributed by atoms with E-state index in [-0.39, 0.29) is 22.4 Å². The second-order valence-corrected chi connectivity index (χ2v) is 6.89. The van der Waals surface area contributed by atoms with E-state index in [1.54, 1.807) is 24.3 Å². The van der Waals surface area contributed by atoms with Crippen molar-refractivity contribution in [2.75, 3.05) is 0 Å². The van der Waals surface area contributed by atoms with Crippen LogP contribution in [0.25, 0.3) is 33.1 Å². The molecule has 0 saturated heterocycles. The first-order valence-corrected chi connectivity index (χ1v) is 9.53. The Morgan fingerprint density at radius 2 is 1.53 bits per heavy atom. The highest BCUT2D eigenvalue weighted by Crippen LogP contribution is 2.41. The van der Waals surface area contributed by atoms with Gasteiger partial charge in [0, 0.05) is 5.39 Å². The molecule has 0 bridgehead atoms. The van der Waals surface area contributed by atoms with Gasteiger partial charge in [-0.15, -0.1) is 0 Å². The molecule has 5 rings (SSSR count). The summed E-state index contributed by atoms with van der Waals surface area (Å²) in [6.45, 7) is 0.295. The van der Waals surface area contributed by atoms with Gasteiger partial charge in [-0.1, -0.05) is 72.8 Å². The number of ether oxygens (including phenoxy) is 1. The topological polar surface area (TPSA) is 72.6 Å². The smallest absolute Gasteiger partial charge is 0.349 e. The van der Waals surface area contributed by atoms with E-state index < -0.39 is 5.63 Å². The predicted octanol–water partition coefficient (Wildman–Crippen LogP) is 5.29. The maximum atomic E-state index is 12.7. The van der Waals surface area contributed by atoms with Crippen molar-refractivity contribution in [3.63, 3.8) is 0 Å². The number of hydrogen-bond acceptors (Lipinski definition) is 5. The van der Waals surface area contributed by atoms with Gasteiger partial charge in [0.2, 0.25) is 5.71 Å². The van der Waals surface area contributed by atoms with E-state index in [1.165, 1.54) is 0 Å². The van der Waals surface area contributed by atoms with Crippen LogP contribution in [0, 0.1) is 0 Å². The van der Waals surface area contributed by atoms with Crippen LogP contribution in [-0.4, -0.2) is 10.1 Å². The first-order valence-electron chi connectivity index (χ1n) is 9.53. The zero-order chi connectivity index (χ0) is 20.5. The summed E-state index contributed by atoms with van der Waals surface area (Å²) in [6, 6.07) is 26.1. The van der Waals surface area contributed by atoms with Crippen LogP contribution in [0.4, 0.5) is 0 Å². The number of para-hydroxylation sites is 1. The molecule has 1 N–H and O–H groups in total. The lowest BCUT2D eigenvalue weighted by molar-refractivity contribution is 0.312. The SMILES string of the molecule is O=c1oc2nc3ccccc3c(OCc3ccccc3)c2c(O)c1-c1ccccc1. The Bertz CT molecular complexity index is 1410. The summed E-state index contributed by atoms with van der Waals surface area (Å²) in [5.74, 6) is 0.228. The van der Waals surface area contributed by atoms with Crippen molar-refractivity contribution in [3.8, 4) is 22.6 Å². The van der Waals surface area contributed by atoms with Gasteiger partial charge >= 0.3 is 5.63 Å². The molecular weight excluding hydrogens is 378 g/mol. The lowest BCUT2D eigenvalue weighted by Gasteiger charge is -2.14. The van der Waals surface area contributed by atoms with Gasteiger partial charge in [-0.3, -0.25) is 0 Å². The molecule has 0 radical (unpaired) electrons. The Morgan fingerprint density at radius 3 is 2.30 bits per heavy atom. The van der Waals surface area contributed by atoms with Crippen molar-refractivity contribution in [1.82, 2.24) is 4.98 Å². The van der Waals surface area contributed by atoms with Gasteiger partial charge in [0.15, 0.2) is 0 Å². The molecule has 30 heavy (non-hydrogen) atoms. The zero-order valence-electron chi connectivity index (χ0n) is 15.9. The number of aromatic hydroxyl groups is 1. The zero-order valence-corrected chi connectivity index (χ0v) is 15.9. The van der Waals surface area contributed by atoms with Crippen molar-refractivity contribution >= 4 is 22.0 Å². The molecule has 2 aromatic heterocycles. The summed E-state index contributed by atoms with van der Waals surface area (Å²) >= 11 is 0. The Kier molecular flexibility index (Phi) is 4.41. The molecule has 2 heterocycles. The van der Waals surface area contributed by atoms with Crippen LogP contribution in [-0.2, 0) is 6.61 Å². The number of fused-ring (bicyclic) bond motifs is 2. The van der Waals surface area contributed by atoms with Crippen molar-refractivity contribution in [3.05, 3.63) is 101 Å². The Labute approximate surface area is 171 Å². The summed E-state index contributed by atoms with van der Waals surface area (Å²) in [4.78, 5) is 17.1. The molecule has 5 aromatic rings. The number of aromatic nitrogens is 1. The first-order chi connectivity index (χ1) is 14.7. The minimum atomic E-state index is -0.650. The van der Waals surface area contributed by atoms with Crippen LogP contribution >= 0.6 is 0 Å². The third-order valence-corrected chi connectivity index (χ3v) is 4.97. The van der Waals surface area contributed by atoms with E-state index in [2.05, 4.69) is 4.98 Å². The first kappa shape index (κ1) is 17.9. The predicted molar refractivity (Wildman–Crippen MR) is 116 cm³/mol. The third kappa shape index (κ3) is 3.06. The fraction of sp³-hybridized carbons (Fsp3) is 0.0400. The molecule has 0 fully saturated rings. The normalized spacial score (nSPS) is 11.1. The van der Waals surface area contributed by atoms with Crippen LogP contribution in [0.1, 0.15) is 5.56 Å². The van der Waals surface area contributed by atoms with Crippen molar-refractivity contribution < 1.29 is 14.3 Å². The molecule has 0 spiro atoms. The molecule has 0 aliphatic carbocycles. The molecular formula is C25H17NO4. The minimum absolute atomic E-state index is 0.0407. The number of nitrogens with zero attached hydrogens (tertiary/aromatic N) is 1. The van der Waals surface area contributed by atoms with E-state index in [4.69, 9.17) is 9.15 Å². The lowest BCUT2D eigenvalue weighted by atomic mass is 10.0. The largest absolute Gasteiger partial charge is 0.506 e. The standard InChI is InChI=1S/C25H17NO4/c27-22-20(17-11-5-2-6-12-17)25(28)30-24-21(22)23(18-13-7-8-14-19(18)26-24)29-15-16-9-3-1-4-10-16/h1-14,27H,15H2. The van der Waals surface area contributed by atoms with Crippen molar-refractivity contribution in [2.45, 2.75) is 6.61 Å². The van der Waals surface area contributed by atoms with E-state index in [0.29, 0.717) is 23.4 Å². The van der Waals surface area contributed by atoms with Crippen LogP contribution < -0.4 is 10.4 Å². The van der Waals surface area contributed by atoms with E-state index in [9.17, 15) is 9.90 Å². The maximum absolute atomic E-state index is 12.7. The lowest BCUT2D eigenvalue weighted by Crippen LogP contribution is -2.06. The molecule has 146 valence electrons. The van der Waals surface area contributed by atoms with Gasteiger partial charge in [-0.2, -0.15) is 0 Å². The fourth-order valence-corrected chi connectivity index (χ4v) is 3.54. The Morgan fingerprint density at radius 1 is 0.867 bits per heavy atom. The maximum Gasteiger partial charge on any atom is 0.349 e. The summed E-state index contributed by atoms with van der Waals surface area (Å²) in [7, 11) is 0. The van der Waals surface area contributed by atoms with E-state index in [1.807, 2.05) is 60.7 Å². The number of hydrogen-bond donors (Lipinski definition) is 1. The Balaban J connectivity index is 1.78. The van der Waals surface area contributed by atoms with Gasteiger partial charge in [0.05, 0.1) is 5.52 Å². The molecule has 0 saturated carbocycles.